The molecule has 2 aromatic rings. The van der Waals surface area contributed by atoms with Crippen molar-refractivity contribution in [3.05, 3.63) is 57.1 Å². The number of nitro groups is 1. The minimum atomic E-state index is -3.78. The highest BCUT2D eigenvalue weighted by molar-refractivity contribution is 7.89. The largest absolute Gasteiger partial charge is 0.495 e. The van der Waals surface area contributed by atoms with Crippen LogP contribution in [0.5, 0.6) is 5.75 Å². The van der Waals surface area contributed by atoms with Crippen LogP contribution in [0, 0.1) is 10.1 Å². The summed E-state index contributed by atoms with van der Waals surface area (Å²) in [7, 11) is 2.03. The Bertz CT molecular complexity index is 1090. The molecule has 0 atom stereocenters. The summed E-state index contributed by atoms with van der Waals surface area (Å²) < 4.78 is 31.2. The maximum Gasteiger partial charge on any atom is 0.269 e. The first-order valence-electron chi connectivity index (χ1n) is 8.97. The molecule has 0 saturated heterocycles. The number of anilines is 1. The van der Waals surface area contributed by atoms with Gasteiger partial charge < -0.3 is 10.1 Å². The molecule has 0 heterocycles. The van der Waals surface area contributed by atoms with E-state index in [1.165, 1.54) is 57.6 Å². The number of hydrogen-bond donors (Lipinski definition) is 1. The van der Waals surface area contributed by atoms with Gasteiger partial charge in [0.15, 0.2) is 0 Å². The Kier molecular flexibility index (Phi) is 7.96. The zero-order valence-corrected chi connectivity index (χ0v) is 19.0. The van der Waals surface area contributed by atoms with Crippen molar-refractivity contribution >= 4 is 38.9 Å². The number of hydrogen-bond acceptors (Lipinski definition) is 7. The Balaban J connectivity index is 2.12. The summed E-state index contributed by atoms with van der Waals surface area (Å²) in [5.41, 5.74) is 0.702. The van der Waals surface area contributed by atoms with E-state index in [0.717, 1.165) is 4.31 Å². The highest BCUT2D eigenvalue weighted by atomic mass is 35.5. The minimum Gasteiger partial charge on any atom is -0.495 e. The Morgan fingerprint density at radius 3 is 2.45 bits per heavy atom. The second-order valence-corrected chi connectivity index (χ2v) is 9.43. The van der Waals surface area contributed by atoms with E-state index in [-0.39, 0.29) is 35.1 Å². The average Bonchev–Trinajstić information content (AvgIpc) is 2.69. The van der Waals surface area contributed by atoms with Gasteiger partial charge in [-0.2, -0.15) is 0 Å². The van der Waals surface area contributed by atoms with Gasteiger partial charge in [-0.05, 0) is 36.9 Å². The average molecular weight is 471 g/mol. The SMILES string of the molecule is COc1ccc(NC(=O)CN(C)Cc2cc([N+](=O)[O-])ccc2Cl)cc1S(=O)(=O)N(C)C. The van der Waals surface area contributed by atoms with E-state index in [9.17, 15) is 23.3 Å². The second-order valence-electron chi connectivity index (χ2n) is 6.91. The lowest BCUT2D eigenvalue weighted by atomic mass is 10.2. The number of nitrogens with zero attached hydrogens (tertiary/aromatic N) is 3. The fourth-order valence-corrected chi connectivity index (χ4v) is 3.99. The van der Waals surface area contributed by atoms with E-state index in [0.29, 0.717) is 10.6 Å². The van der Waals surface area contributed by atoms with Crippen molar-refractivity contribution in [3.8, 4) is 5.75 Å². The van der Waals surface area contributed by atoms with Crippen molar-refractivity contribution in [2.24, 2.45) is 0 Å². The number of sulfonamides is 1. The number of nitro benzene ring substituents is 1. The van der Waals surface area contributed by atoms with Crippen molar-refractivity contribution in [2.45, 2.75) is 11.4 Å². The van der Waals surface area contributed by atoms with Gasteiger partial charge in [0.25, 0.3) is 5.69 Å². The molecule has 0 aliphatic carbocycles. The zero-order valence-electron chi connectivity index (χ0n) is 17.5. The van der Waals surface area contributed by atoms with Crippen LogP contribution in [0.15, 0.2) is 41.3 Å². The van der Waals surface area contributed by atoms with Gasteiger partial charge in [0, 0.05) is 43.5 Å². The van der Waals surface area contributed by atoms with Crippen molar-refractivity contribution in [1.82, 2.24) is 9.21 Å². The predicted octanol–water partition coefficient (Wildman–Crippen LogP) is 2.58. The topological polar surface area (TPSA) is 122 Å². The van der Waals surface area contributed by atoms with Crippen LogP contribution in [0.3, 0.4) is 0 Å². The minimum absolute atomic E-state index is 0.0547. The Morgan fingerprint density at radius 2 is 1.87 bits per heavy atom. The number of carbonyl (C=O) groups excluding carboxylic acids is 1. The van der Waals surface area contributed by atoms with Crippen molar-refractivity contribution < 1.29 is 22.9 Å². The zero-order chi connectivity index (χ0) is 23.3. The first-order valence-corrected chi connectivity index (χ1v) is 10.8. The number of nitrogens with one attached hydrogen (secondary N) is 1. The van der Waals surface area contributed by atoms with E-state index in [2.05, 4.69) is 5.32 Å². The number of ether oxygens (including phenoxy) is 1. The first kappa shape index (κ1) is 24.5. The van der Waals surface area contributed by atoms with E-state index in [1.807, 2.05) is 0 Å². The molecule has 0 spiro atoms. The highest BCUT2D eigenvalue weighted by Gasteiger charge is 2.23. The van der Waals surface area contributed by atoms with Crippen LogP contribution in [-0.2, 0) is 21.4 Å². The number of likely N-dealkylation sites (N-methyl/N-ethyl adjacent to an activating group) is 1. The molecule has 0 unspecified atom stereocenters. The van der Waals surface area contributed by atoms with Gasteiger partial charge >= 0.3 is 0 Å². The fraction of sp³-hybridized carbons (Fsp3) is 0.316. The monoisotopic (exact) mass is 470 g/mol. The molecule has 0 saturated carbocycles. The number of non-ortho nitro benzene ring substituents is 1. The Labute approximate surface area is 185 Å². The van der Waals surface area contributed by atoms with Gasteiger partial charge in [-0.25, -0.2) is 12.7 Å². The van der Waals surface area contributed by atoms with E-state index in [4.69, 9.17) is 16.3 Å². The maximum atomic E-state index is 12.5. The summed E-state index contributed by atoms with van der Waals surface area (Å²) in [6.07, 6.45) is 0. The normalized spacial score (nSPS) is 11.6. The van der Waals surface area contributed by atoms with E-state index < -0.39 is 20.9 Å². The second kappa shape index (κ2) is 10.1. The molecule has 0 radical (unpaired) electrons. The molecular formula is C19H23ClN4O6S. The van der Waals surface area contributed by atoms with Gasteiger partial charge in [-0.3, -0.25) is 19.8 Å². The molecule has 0 aliphatic heterocycles. The third-order valence-corrected chi connectivity index (χ3v) is 6.50. The number of rotatable bonds is 9. The van der Waals surface area contributed by atoms with Crippen LogP contribution in [-0.4, -0.2) is 63.3 Å². The maximum absolute atomic E-state index is 12.5. The van der Waals surface area contributed by atoms with E-state index >= 15 is 0 Å². The Hall–Kier alpha value is -2.73. The van der Waals surface area contributed by atoms with Crippen molar-refractivity contribution in [1.29, 1.82) is 0 Å². The number of amides is 1. The summed E-state index contributed by atoms with van der Waals surface area (Å²) in [6, 6.07) is 8.41. The molecule has 2 aromatic carbocycles. The molecule has 2 rings (SSSR count). The van der Waals surface area contributed by atoms with Gasteiger partial charge in [0.05, 0.1) is 18.6 Å². The van der Waals surface area contributed by atoms with Crippen LogP contribution in [0.4, 0.5) is 11.4 Å². The third kappa shape index (κ3) is 6.14. The molecule has 12 heteroatoms. The van der Waals surface area contributed by atoms with Crippen LogP contribution < -0.4 is 10.1 Å². The standard InChI is InChI=1S/C19H23ClN4O6S/c1-22(2)31(28,29)18-10-14(5-8-17(18)30-4)21-19(25)12-23(3)11-13-9-15(24(26)27)6-7-16(13)20/h5-10H,11-12H2,1-4H3,(H,21,25). The van der Waals surface area contributed by atoms with Crippen LogP contribution in [0.2, 0.25) is 5.02 Å². The molecular weight excluding hydrogens is 448 g/mol. The summed E-state index contributed by atoms with van der Waals surface area (Å²) in [4.78, 5) is 24.4. The highest BCUT2D eigenvalue weighted by Crippen LogP contribution is 2.29. The van der Waals surface area contributed by atoms with Gasteiger partial charge in [0.1, 0.15) is 10.6 Å². The molecule has 31 heavy (non-hydrogen) atoms. The lowest BCUT2D eigenvalue weighted by molar-refractivity contribution is -0.384. The van der Waals surface area contributed by atoms with Crippen molar-refractivity contribution in [2.75, 3.05) is 40.1 Å². The molecule has 0 bridgehead atoms. The van der Waals surface area contributed by atoms with Crippen LogP contribution in [0.25, 0.3) is 0 Å². The Morgan fingerprint density at radius 1 is 1.19 bits per heavy atom. The van der Waals surface area contributed by atoms with Gasteiger partial charge in [-0.15, -0.1) is 0 Å². The molecule has 1 N–H and O–H groups in total. The number of carbonyl (C=O) groups is 1. The smallest absolute Gasteiger partial charge is 0.269 e. The summed E-state index contributed by atoms with van der Waals surface area (Å²) >= 11 is 6.10. The first-order chi connectivity index (χ1) is 14.4. The lowest BCUT2D eigenvalue weighted by Gasteiger charge is -2.18. The molecule has 10 nitrogen and oxygen atoms in total. The molecule has 0 aliphatic rings. The lowest BCUT2D eigenvalue weighted by Crippen LogP contribution is -2.30. The van der Waals surface area contributed by atoms with Gasteiger partial charge in [-0.1, -0.05) is 11.6 Å². The van der Waals surface area contributed by atoms with Crippen LogP contribution in [0.1, 0.15) is 5.56 Å². The summed E-state index contributed by atoms with van der Waals surface area (Å²) in [5, 5.41) is 13.9. The van der Waals surface area contributed by atoms with Crippen LogP contribution >= 0.6 is 11.6 Å². The number of methoxy groups -OCH3 is 1. The predicted molar refractivity (Wildman–Crippen MR) is 117 cm³/mol. The molecule has 168 valence electrons. The van der Waals surface area contributed by atoms with Crippen molar-refractivity contribution in [3.63, 3.8) is 0 Å². The molecule has 0 fully saturated rings. The van der Waals surface area contributed by atoms with E-state index in [1.54, 1.807) is 11.9 Å². The number of benzene rings is 2. The molecule has 1 amide bonds. The number of halogens is 1. The van der Waals surface area contributed by atoms with Gasteiger partial charge in [0.2, 0.25) is 15.9 Å². The summed E-state index contributed by atoms with van der Waals surface area (Å²) in [5.74, 6) is -0.244. The summed E-state index contributed by atoms with van der Waals surface area (Å²) in [6.45, 7) is 0.150. The quantitative estimate of drug-likeness (QED) is 0.441. The fourth-order valence-electron chi connectivity index (χ4n) is 2.74. The molecule has 0 aromatic heterocycles. The third-order valence-electron chi connectivity index (χ3n) is 4.30.